The van der Waals surface area contributed by atoms with Crippen LogP contribution in [0.4, 0.5) is 5.82 Å². The molecule has 1 aromatic rings. The Bertz CT molecular complexity index is 389. The average molecular weight is 264 g/mol. The predicted molar refractivity (Wildman–Crippen MR) is 60.8 cm³/mol. The summed E-state index contributed by atoms with van der Waals surface area (Å²) in [5.74, 6) is 0.699. The number of aliphatic hydroxyl groups excluding tert-OH is 1. The second kappa shape index (κ2) is 5.14. The van der Waals surface area contributed by atoms with Gasteiger partial charge in [0.1, 0.15) is 17.7 Å². The molecular weight excluding hydrogens is 253 g/mol. The lowest BCUT2D eigenvalue weighted by Crippen LogP contribution is -2.33. The van der Waals surface area contributed by atoms with Crippen LogP contribution in [0.2, 0.25) is 10.4 Å². The van der Waals surface area contributed by atoms with Gasteiger partial charge in [0.2, 0.25) is 5.28 Å². The highest BCUT2D eigenvalue weighted by Gasteiger charge is 2.22. The van der Waals surface area contributed by atoms with Crippen LogP contribution in [0.3, 0.4) is 0 Å². The van der Waals surface area contributed by atoms with Crippen molar-refractivity contribution in [1.82, 2.24) is 9.97 Å². The first-order valence-electron chi connectivity index (χ1n) is 4.88. The van der Waals surface area contributed by atoms with Gasteiger partial charge in [0, 0.05) is 13.2 Å². The highest BCUT2D eigenvalue weighted by atomic mass is 35.5. The molecule has 7 heteroatoms. The van der Waals surface area contributed by atoms with Gasteiger partial charge in [-0.15, -0.1) is 0 Å². The van der Waals surface area contributed by atoms with Crippen LogP contribution in [0.25, 0.3) is 0 Å². The van der Waals surface area contributed by atoms with E-state index in [0.29, 0.717) is 37.3 Å². The zero-order chi connectivity index (χ0) is 11.5. The van der Waals surface area contributed by atoms with Gasteiger partial charge >= 0.3 is 0 Å². The Morgan fingerprint density at radius 3 is 2.94 bits per heavy atom. The number of hydrogen-bond acceptors (Lipinski definition) is 5. The molecule has 0 spiro atoms. The summed E-state index contributed by atoms with van der Waals surface area (Å²) in [7, 11) is 0. The molecule has 0 unspecified atom stereocenters. The highest BCUT2D eigenvalue weighted by molar-refractivity contribution is 6.32. The number of aromatic nitrogens is 2. The Kier molecular flexibility index (Phi) is 3.81. The quantitative estimate of drug-likeness (QED) is 0.661. The molecule has 16 heavy (non-hydrogen) atoms. The van der Waals surface area contributed by atoms with E-state index >= 15 is 0 Å². The van der Waals surface area contributed by atoms with Crippen molar-refractivity contribution in [3.8, 4) is 0 Å². The number of hydrogen-bond donors (Lipinski definition) is 1. The predicted octanol–water partition coefficient (Wildman–Crippen LogP) is 1.46. The highest BCUT2D eigenvalue weighted by Crippen LogP contribution is 2.29. The number of ether oxygens (including phenoxy) is 1. The fraction of sp³-hybridized carbons (Fsp3) is 0.556. The lowest BCUT2D eigenvalue weighted by molar-refractivity contribution is 0.107. The third kappa shape index (κ3) is 2.38. The molecule has 1 N–H and O–H groups in total. The van der Waals surface area contributed by atoms with Crippen molar-refractivity contribution in [2.24, 2.45) is 0 Å². The lowest BCUT2D eigenvalue weighted by atomic mass is 10.2. The summed E-state index contributed by atoms with van der Waals surface area (Å²) in [5, 5.41) is 9.25. The zero-order valence-corrected chi connectivity index (χ0v) is 10.0. The van der Waals surface area contributed by atoms with Crippen LogP contribution in [0.15, 0.2) is 0 Å². The molecule has 2 heterocycles. The van der Waals surface area contributed by atoms with Gasteiger partial charge in [0.25, 0.3) is 0 Å². The van der Waals surface area contributed by atoms with Crippen LogP contribution < -0.4 is 4.90 Å². The molecule has 1 aromatic heterocycles. The zero-order valence-electron chi connectivity index (χ0n) is 8.49. The molecule has 1 aliphatic heterocycles. The molecular formula is C9H11Cl2N3O2. The first-order valence-corrected chi connectivity index (χ1v) is 5.63. The van der Waals surface area contributed by atoms with Gasteiger partial charge in [0.15, 0.2) is 0 Å². The molecule has 88 valence electrons. The van der Waals surface area contributed by atoms with E-state index in [0.717, 1.165) is 5.56 Å². The number of aliphatic hydroxyl groups is 1. The fourth-order valence-electron chi connectivity index (χ4n) is 1.56. The van der Waals surface area contributed by atoms with Crippen molar-refractivity contribution in [2.75, 3.05) is 24.8 Å². The van der Waals surface area contributed by atoms with Crippen LogP contribution in [-0.4, -0.2) is 35.0 Å². The van der Waals surface area contributed by atoms with Gasteiger partial charge in [-0.25, -0.2) is 9.97 Å². The third-order valence-corrected chi connectivity index (χ3v) is 2.77. The monoisotopic (exact) mass is 263 g/mol. The number of anilines is 1. The summed E-state index contributed by atoms with van der Waals surface area (Å²) in [6.07, 6.45) is 0.641. The largest absolute Gasteiger partial charge is 0.396 e. The molecule has 0 saturated carbocycles. The third-order valence-electron chi connectivity index (χ3n) is 2.29. The minimum absolute atomic E-state index is 0.123. The molecule has 0 fully saturated rings. The molecule has 5 nitrogen and oxygen atoms in total. The Labute approximate surface area is 103 Å². The maximum atomic E-state index is 8.80. The molecule has 1 aliphatic rings. The van der Waals surface area contributed by atoms with Crippen molar-refractivity contribution in [2.45, 2.75) is 13.0 Å². The van der Waals surface area contributed by atoms with Gasteiger partial charge in [-0.2, -0.15) is 0 Å². The summed E-state index contributed by atoms with van der Waals surface area (Å²) in [5.41, 5.74) is 0.746. The first kappa shape index (κ1) is 11.9. The van der Waals surface area contributed by atoms with E-state index in [1.54, 1.807) is 0 Å². The van der Waals surface area contributed by atoms with Crippen molar-refractivity contribution in [3.63, 3.8) is 0 Å². The van der Waals surface area contributed by atoms with E-state index in [9.17, 15) is 0 Å². The van der Waals surface area contributed by atoms with Crippen LogP contribution in [0, 0.1) is 0 Å². The van der Waals surface area contributed by atoms with E-state index < -0.39 is 0 Å². The standard InChI is InChI=1S/C9H11Cl2N3O2/c10-7-6-4-16-5-14(2-1-3-15)8(6)13-9(11)12-7/h15H,1-5H2. The molecule has 0 radical (unpaired) electrons. The van der Waals surface area contributed by atoms with Crippen LogP contribution >= 0.6 is 23.2 Å². The molecule has 0 atom stereocenters. The summed E-state index contributed by atoms with van der Waals surface area (Å²) in [6.45, 7) is 1.59. The molecule has 0 aromatic carbocycles. The van der Waals surface area contributed by atoms with Gasteiger partial charge < -0.3 is 14.7 Å². The van der Waals surface area contributed by atoms with Crippen molar-refractivity contribution < 1.29 is 9.84 Å². The maximum absolute atomic E-state index is 8.80. The van der Waals surface area contributed by atoms with E-state index in [1.165, 1.54) is 0 Å². The van der Waals surface area contributed by atoms with Crippen molar-refractivity contribution in [1.29, 1.82) is 0 Å². The summed E-state index contributed by atoms with van der Waals surface area (Å²) in [4.78, 5) is 9.89. The molecule has 0 amide bonds. The number of nitrogens with zero attached hydrogens (tertiary/aromatic N) is 3. The topological polar surface area (TPSA) is 58.5 Å². The summed E-state index contributed by atoms with van der Waals surface area (Å²) in [6, 6.07) is 0. The number of rotatable bonds is 3. The normalized spacial score (nSPS) is 15.1. The van der Waals surface area contributed by atoms with Gasteiger partial charge in [0.05, 0.1) is 12.2 Å². The molecule has 0 saturated heterocycles. The lowest BCUT2D eigenvalue weighted by Gasteiger charge is -2.29. The maximum Gasteiger partial charge on any atom is 0.225 e. The summed E-state index contributed by atoms with van der Waals surface area (Å²) >= 11 is 11.7. The average Bonchev–Trinajstić information content (AvgIpc) is 2.26. The Balaban J connectivity index is 2.30. The minimum atomic E-state index is 0.123. The van der Waals surface area contributed by atoms with Crippen LogP contribution in [-0.2, 0) is 11.3 Å². The van der Waals surface area contributed by atoms with E-state index in [2.05, 4.69) is 9.97 Å². The van der Waals surface area contributed by atoms with Crippen LogP contribution in [0.5, 0.6) is 0 Å². The van der Waals surface area contributed by atoms with Gasteiger partial charge in [-0.1, -0.05) is 11.6 Å². The van der Waals surface area contributed by atoms with Gasteiger partial charge in [-0.3, -0.25) is 0 Å². The van der Waals surface area contributed by atoms with Crippen LogP contribution in [0.1, 0.15) is 12.0 Å². The van der Waals surface area contributed by atoms with E-state index in [-0.39, 0.29) is 11.9 Å². The summed E-state index contributed by atoms with van der Waals surface area (Å²) < 4.78 is 5.36. The van der Waals surface area contributed by atoms with Crippen molar-refractivity contribution >= 4 is 29.0 Å². The second-order valence-electron chi connectivity index (χ2n) is 3.40. The SMILES string of the molecule is OCCCN1COCc2c(Cl)nc(Cl)nc21. The van der Waals surface area contributed by atoms with Gasteiger partial charge in [-0.05, 0) is 18.0 Å². The second-order valence-corrected chi connectivity index (χ2v) is 4.10. The first-order chi connectivity index (χ1) is 7.72. The Morgan fingerprint density at radius 1 is 1.38 bits per heavy atom. The molecule has 2 rings (SSSR count). The number of fused-ring (bicyclic) bond motifs is 1. The Morgan fingerprint density at radius 2 is 2.19 bits per heavy atom. The smallest absolute Gasteiger partial charge is 0.225 e. The van der Waals surface area contributed by atoms with E-state index in [4.69, 9.17) is 33.0 Å². The minimum Gasteiger partial charge on any atom is -0.396 e. The molecule has 0 bridgehead atoms. The molecule has 0 aliphatic carbocycles. The van der Waals surface area contributed by atoms with Crippen molar-refractivity contribution in [3.05, 3.63) is 16.0 Å². The van der Waals surface area contributed by atoms with E-state index in [1.807, 2.05) is 4.90 Å². The Hall–Kier alpha value is -0.620. The fourth-order valence-corrected chi connectivity index (χ4v) is 1.98. The number of halogens is 2.